The maximum atomic E-state index is 12.0. The van der Waals surface area contributed by atoms with Crippen LogP contribution in [0.15, 0.2) is 18.2 Å². The summed E-state index contributed by atoms with van der Waals surface area (Å²) < 4.78 is 9.49. The second-order valence-electron chi connectivity index (χ2n) is 4.94. The number of nitrogens with zero attached hydrogens (tertiary/aromatic N) is 1. The largest absolute Gasteiger partial charge is 0.468 e. The van der Waals surface area contributed by atoms with E-state index in [0.29, 0.717) is 13.0 Å². The number of carbonyl (C=O) groups excluding carboxylic acids is 2. The van der Waals surface area contributed by atoms with Crippen LogP contribution in [0.2, 0.25) is 0 Å². The van der Waals surface area contributed by atoms with Gasteiger partial charge in [0, 0.05) is 13.7 Å². The second kappa shape index (κ2) is 8.42. The van der Waals surface area contributed by atoms with E-state index < -0.39 is 5.97 Å². The van der Waals surface area contributed by atoms with Crippen molar-refractivity contribution in [2.75, 3.05) is 33.9 Å². The van der Waals surface area contributed by atoms with Crippen LogP contribution in [0.5, 0.6) is 0 Å². The molecule has 21 heavy (non-hydrogen) atoms. The van der Waals surface area contributed by atoms with E-state index >= 15 is 0 Å². The van der Waals surface area contributed by atoms with Crippen LogP contribution in [0.25, 0.3) is 0 Å². The zero-order valence-corrected chi connectivity index (χ0v) is 13.1. The normalized spacial score (nSPS) is 10.3. The highest BCUT2D eigenvalue weighted by Gasteiger charge is 2.17. The van der Waals surface area contributed by atoms with Gasteiger partial charge in [-0.1, -0.05) is 18.2 Å². The first-order valence-electron chi connectivity index (χ1n) is 6.88. The van der Waals surface area contributed by atoms with Gasteiger partial charge < -0.3 is 14.4 Å². The van der Waals surface area contributed by atoms with Crippen molar-refractivity contribution in [3.63, 3.8) is 0 Å². The molecule has 0 aromatic heterocycles. The molecule has 0 saturated heterocycles. The fourth-order valence-electron chi connectivity index (χ4n) is 2.22. The van der Waals surface area contributed by atoms with Crippen LogP contribution in [0.3, 0.4) is 0 Å². The Morgan fingerprint density at radius 2 is 1.76 bits per heavy atom. The zero-order chi connectivity index (χ0) is 15.8. The smallest absolute Gasteiger partial charge is 0.325 e. The number of hydrogen-bond acceptors (Lipinski definition) is 4. The molecule has 1 aromatic carbocycles. The van der Waals surface area contributed by atoms with Gasteiger partial charge in [-0.05, 0) is 37.0 Å². The van der Waals surface area contributed by atoms with Gasteiger partial charge in [-0.15, -0.1) is 0 Å². The molecular weight excluding hydrogens is 270 g/mol. The number of amides is 1. The molecular formula is C16H23NO4. The summed E-state index contributed by atoms with van der Waals surface area (Å²) in [4.78, 5) is 24.9. The van der Waals surface area contributed by atoms with Gasteiger partial charge in [0.1, 0.15) is 13.2 Å². The van der Waals surface area contributed by atoms with E-state index in [1.54, 1.807) is 0 Å². The van der Waals surface area contributed by atoms with Crippen LogP contribution in [0.1, 0.15) is 16.7 Å². The molecule has 0 radical (unpaired) electrons. The van der Waals surface area contributed by atoms with Gasteiger partial charge in [-0.25, -0.2) is 0 Å². The van der Waals surface area contributed by atoms with Crippen molar-refractivity contribution in [2.24, 2.45) is 0 Å². The van der Waals surface area contributed by atoms with E-state index in [9.17, 15) is 9.59 Å². The van der Waals surface area contributed by atoms with E-state index in [4.69, 9.17) is 4.74 Å². The molecule has 5 nitrogen and oxygen atoms in total. The molecule has 0 aliphatic rings. The van der Waals surface area contributed by atoms with E-state index in [-0.39, 0.29) is 19.1 Å². The Labute approximate surface area is 125 Å². The molecule has 0 aliphatic carbocycles. The summed E-state index contributed by atoms with van der Waals surface area (Å²) in [5, 5.41) is 0. The Hall–Kier alpha value is -1.88. The maximum absolute atomic E-state index is 12.0. The third kappa shape index (κ3) is 5.19. The average Bonchev–Trinajstić information content (AvgIpc) is 2.45. The summed E-state index contributed by atoms with van der Waals surface area (Å²) in [6.07, 6.45) is 0.699. The predicted octanol–water partition coefficient (Wildman–Crippen LogP) is 1.49. The minimum atomic E-state index is -0.430. The number of esters is 1. The number of methoxy groups -OCH3 is 2. The van der Waals surface area contributed by atoms with Crippen LogP contribution in [-0.2, 0) is 25.5 Å². The first-order valence-corrected chi connectivity index (χ1v) is 6.88. The SMILES string of the molecule is COCC(=O)N(CCc1c(C)cccc1C)CC(=O)OC. The van der Waals surface area contributed by atoms with Crippen molar-refractivity contribution in [3.8, 4) is 0 Å². The van der Waals surface area contributed by atoms with Crippen LogP contribution in [-0.4, -0.2) is 50.7 Å². The number of aryl methyl sites for hydroxylation is 2. The Morgan fingerprint density at radius 3 is 2.29 bits per heavy atom. The Bertz CT molecular complexity index is 479. The lowest BCUT2D eigenvalue weighted by Gasteiger charge is -2.22. The van der Waals surface area contributed by atoms with E-state index in [1.807, 2.05) is 32.0 Å². The van der Waals surface area contributed by atoms with Gasteiger partial charge in [0.2, 0.25) is 5.91 Å². The molecule has 0 N–H and O–H groups in total. The van der Waals surface area contributed by atoms with E-state index in [2.05, 4.69) is 4.74 Å². The van der Waals surface area contributed by atoms with Crippen molar-refractivity contribution < 1.29 is 19.1 Å². The lowest BCUT2D eigenvalue weighted by Crippen LogP contribution is -2.39. The standard InChI is InChI=1S/C16H23NO4/c1-12-6-5-7-13(2)14(12)8-9-17(10-16(19)21-4)15(18)11-20-3/h5-7H,8-11H2,1-4H3. The Kier molecular flexibility index (Phi) is 6.88. The Balaban J connectivity index is 2.76. The minimum absolute atomic E-state index is 0.0379. The lowest BCUT2D eigenvalue weighted by molar-refractivity contribution is -0.148. The van der Waals surface area contributed by atoms with Gasteiger partial charge in [-0.3, -0.25) is 9.59 Å². The fourth-order valence-corrected chi connectivity index (χ4v) is 2.22. The first kappa shape index (κ1) is 17.2. The zero-order valence-electron chi connectivity index (χ0n) is 13.1. The van der Waals surface area contributed by atoms with Gasteiger partial charge >= 0.3 is 5.97 Å². The molecule has 0 spiro atoms. The quantitative estimate of drug-likeness (QED) is 0.715. The van der Waals surface area contributed by atoms with Crippen LogP contribution in [0, 0.1) is 13.8 Å². The molecule has 1 amide bonds. The molecule has 0 bridgehead atoms. The monoisotopic (exact) mass is 293 g/mol. The van der Waals surface area contributed by atoms with Crippen molar-refractivity contribution in [2.45, 2.75) is 20.3 Å². The number of hydrogen-bond donors (Lipinski definition) is 0. The molecule has 0 atom stereocenters. The summed E-state index contributed by atoms with van der Waals surface area (Å²) >= 11 is 0. The number of ether oxygens (including phenoxy) is 2. The first-order chi connectivity index (χ1) is 9.99. The number of benzene rings is 1. The molecule has 1 aromatic rings. The summed E-state index contributed by atoms with van der Waals surface area (Å²) in [5.41, 5.74) is 3.58. The van der Waals surface area contributed by atoms with E-state index in [0.717, 1.165) is 0 Å². The molecule has 5 heteroatoms. The topological polar surface area (TPSA) is 55.8 Å². The Morgan fingerprint density at radius 1 is 1.14 bits per heavy atom. The van der Waals surface area contributed by atoms with E-state index in [1.165, 1.54) is 35.8 Å². The highest BCUT2D eigenvalue weighted by Crippen LogP contribution is 2.14. The third-order valence-electron chi connectivity index (χ3n) is 3.44. The summed E-state index contributed by atoms with van der Waals surface area (Å²) in [6.45, 7) is 4.46. The molecule has 116 valence electrons. The number of rotatable bonds is 7. The summed E-state index contributed by atoms with van der Waals surface area (Å²) in [7, 11) is 2.77. The van der Waals surface area contributed by atoms with Crippen molar-refractivity contribution in [3.05, 3.63) is 34.9 Å². The molecule has 0 unspecified atom stereocenters. The summed E-state index contributed by atoms with van der Waals surface area (Å²) in [5.74, 6) is -0.643. The van der Waals surface area contributed by atoms with Crippen LogP contribution in [0.4, 0.5) is 0 Å². The average molecular weight is 293 g/mol. The van der Waals surface area contributed by atoms with Gasteiger partial charge in [0.15, 0.2) is 0 Å². The molecule has 1 rings (SSSR count). The molecule has 0 heterocycles. The number of carbonyl (C=O) groups is 2. The summed E-state index contributed by atoms with van der Waals surface area (Å²) in [6, 6.07) is 6.10. The van der Waals surface area contributed by atoms with Gasteiger partial charge in [0.05, 0.1) is 7.11 Å². The molecule has 0 saturated carbocycles. The maximum Gasteiger partial charge on any atom is 0.325 e. The van der Waals surface area contributed by atoms with Gasteiger partial charge in [-0.2, -0.15) is 0 Å². The fraction of sp³-hybridized carbons (Fsp3) is 0.500. The molecule has 0 aliphatic heterocycles. The molecule has 0 fully saturated rings. The highest BCUT2D eigenvalue weighted by atomic mass is 16.5. The van der Waals surface area contributed by atoms with Crippen LogP contribution >= 0.6 is 0 Å². The predicted molar refractivity (Wildman–Crippen MR) is 80.1 cm³/mol. The minimum Gasteiger partial charge on any atom is -0.468 e. The van der Waals surface area contributed by atoms with Crippen molar-refractivity contribution in [1.82, 2.24) is 4.90 Å². The third-order valence-corrected chi connectivity index (χ3v) is 3.44. The second-order valence-corrected chi connectivity index (χ2v) is 4.94. The van der Waals surface area contributed by atoms with Crippen molar-refractivity contribution in [1.29, 1.82) is 0 Å². The van der Waals surface area contributed by atoms with Crippen LogP contribution < -0.4 is 0 Å². The van der Waals surface area contributed by atoms with Gasteiger partial charge in [0.25, 0.3) is 0 Å². The lowest BCUT2D eigenvalue weighted by atomic mass is 10.00. The van der Waals surface area contributed by atoms with Crippen molar-refractivity contribution >= 4 is 11.9 Å². The highest BCUT2D eigenvalue weighted by molar-refractivity contribution is 5.82.